The third-order valence-electron chi connectivity index (χ3n) is 4.81. The molecule has 0 bridgehead atoms. The Bertz CT molecular complexity index is 623. The van der Waals surface area contributed by atoms with Crippen LogP contribution in [-0.2, 0) is 11.2 Å². The molecule has 1 atom stereocenters. The van der Waals surface area contributed by atoms with Crippen LogP contribution in [-0.4, -0.2) is 59.6 Å². The van der Waals surface area contributed by atoms with Gasteiger partial charge in [-0.1, -0.05) is 30.3 Å². The highest BCUT2D eigenvalue weighted by molar-refractivity contribution is 5.34. The number of nitrogen functional groups attached to an aromatic ring is 1. The summed E-state index contributed by atoms with van der Waals surface area (Å²) < 4.78 is 5.75. The molecule has 1 aliphatic rings. The summed E-state index contributed by atoms with van der Waals surface area (Å²) in [5, 5.41) is 6.79. The van der Waals surface area contributed by atoms with Crippen LogP contribution in [0.25, 0.3) is 0 Å². The van der Waals surface area contributed by atoms with Gasteiger partial charge in [0.2, 0.25) is 11.9 Å². The molecule has 2 aromatic rings. The fourth-order valence-corrected chi connectivity index (χ4v) is 3.34. The summed E-state index contributed by atoms with van der Waals surface area (Å²) in [7, 11) is 3.94. The molecule has 2 heterocycles. The molecule has 0 aliphatic carbocycles. The molecule has 0 spiro atoms. The Morgan fingerprint density at radius 1 is 1.33 bits per heavy atom. The largest absolute Gasteiger partial charge is 0.366 e. The van der Waals surface area contributed by atoms with E-state index in [1.165, 1.54) is 5.56 Å². The zero-order chi connectivity index (χ0) is 16.9. The van der Waals surface area contributed by atoms with Crippen molar-refractivity contribution in [1.29, 1.82) is 0 Å². The number of ether oxygens (including phenoxy) is 1. The lowest BCUT2D eigenvalue weighted by Crippen LogP contribution is -2.48. The summed E-state index contributed by atoms with van der Waals surface area (Å²) in [6.07, 6.45) is 3.11. The Morgan fingerprint density at radius 3 is 2.62 bits per heavy atom. The number of rotatable bonds is 6. The molecular weight excluding hydrogens is 304 g/mol. The molecule has 130 valence electrons. The molecule has 1 aromatic carbocycles. The van der Waals surface area contributed by atoms with Crippen molar-refractivity contribution in [2.75, 3.05) is 37.9 Å². The van der Waals surface area contributed by atoms with Crippen LogP contribution in [0, 0.1) is 0 Å². The molecule has 0 radical (unpaired) electrons. The number of anilines is 2. The highest BCUT2D eigenvalue weighted by Gasteiger charge is 2.28. The van der Waals surface area contributed by atoms with Crippen molar-refractivity contribution in [3.05, 3.63) is 35.9 Å². The smallest absolute Gasteiger partial charge is 0.241 e. The van der Waals surface area contributed by atoms with Gasteiger partial charge in [0.1, 0.15) is 6.23 Å². The van der Waals surface area contributed by atoms with Crippen LogP contribution in [0.2, 0.25) is 0 Å². The second-order valence-corrected chi connectivity index (χ2v) is 6.28. The number of nitrogens with one attached hydrogen (secondary N) is 1. The quantitative estimate of drug-likeness (QED) is 0.781. The number of aromatic amines is 1. The number of nitrogens with two attached hydrogens (primary N) is 1. The van der Waals surface area contributed by atoms with E-state index in [-0.39, 0.29) is 6.23 Å². The number of nitrogens with zero attached hydrogens (tertiary/aromatic N) is 4. The number of likely N-dealkylation sites (N-methyl/N-ethyl adjacent to an activating group) is 1. The van der Waals surface area contributed by atoms with Gasteiger partial charge in [-0.3, -0.25) is 4.90 Å². The normalized spacial score (nSPS) is 17.4. The average molecular weight is 330 g/mol. The molecule has 24 heavy (non-hydrogen) atoms. The monoisotopic (exact) mass is 330 g/mol. The summed E-state index contributed by atoms with van der Waals surface area (Å²) in [6, 6.07) is 11.0. The van der Waals surface area contributed by atoms with Crippen LogP contribution in [0.15, 0.2) is 30.3 Å². The van der Waals surface area contributed by atoms with Crippen LogP contribution in [0.1, 0.15) is 18.4 Å². The van der Waals surface area contributed by atoms with Gasteiger partial charge in [0.15, 0.2) is 0 Å². The summed E-state index contributed by atoms with van der Waals surface area (Å²) in [4.78, 5) is 8.77. The third kappa shape index (κ3) is 3.85. The molecule has 0 amide bonds. The van der Waals surface area contributed by atoms with Crippen molar-refractivity contribution in [1.82, 2.24) is 20.1 Å². The molecule has 3 rings (SSSR count). The topological polar surface area (TPSA) is 83.3 Å². The second-order valence-electron chi connectivity index (χ2n) is 6.28. The Kier molecular flexibility index (Phi) is 5.32. The molecule has 7 heteroatoms. The van der Waals surface area contributed by atoms with Crippen molar-refractivity contribution in [3.63, 3.8) is 0 Å². The maximum atomic E-state index is 5.75. The van der Waals surface area contributed by atoms with Crippen molar-refractivity contribution in [3.8, 4) is 0 Å². The predicted octanol–water partition coefficient (Wildman–Crippen LogP) is 1.50. The number of piperidine rings is 1. The first-order valence-corrected chi connectivity index (χ1v) is 8.39. The Morgan fingerprint density at radius 2 is 2.04 bits per heavy atom. The van der Waals surface area contributed by atoms with Gasteiger partial charge in [-0.05, 0) is 25.5 Å². The first kappa shape index (κ1) is 16.7. The average Bonchev–Trinajstić information content (AvgIpc) is 3.06. The summed E-state index contributed by atoms with van der Waals surface area (Å²) in [5.41, 5.74) is 6.88. The van der Waals surface area contributed by atoms with Crippen molar-refractivity contribution < 1.29 is 4.74 Å². The van der Waals surface area contributed by atoms with E-state index in [9.17, 15) is 0 Å². The van der Waals surface area contributed by atoms with E-state index in [1.54, 1.807) is 7.11 Å². The van der Waals surface area contributed by atoms with E-state index < -0.39 is 0 Å². The zero-order valence-corrected chi connectivity index (χ0v) is 14.4. The van der Waals surface area contributed by atoms with Crippen molar-refractivity contribution in [2.24, 2.45) is 0 Å². The fraction of sp³-hybridized carbons (Fsp3) is 0.529. The van der Waals surface area contributed by atoms with E-state index >= 15 is 0 Å². The van der Waals surface area contributed by atoms with Crippen LogP contribution < -0.4 is 10.6 Å². The van der Waals surface area contributed by atoms with Crippen LogP contribution in [0.3, 0.4) is 0 Å². The van der Waals surface area contributed by atoms with Gasteiger partial charge in [-0.2, -0.15) is 4.98 Å². The third-order valence-corrected chi connectivity index (χ3v) is 4.81. The molecule has 3 N–H and O–H groups in total. The van der Waals surface area contributed by atoms with Crippen LogP contribution >= 0.6 is 0 Å². The number of benzene rings is 1. The van der Waals surface area contributed by atoms with Crippen molar-refractivity contribution >= 4 is 11.9 Å². The SMILES string of the molecule is COC(Cc1ccccc1)N(C)C1CCN(c2nc(N)n[nH]2)CC1. The molecule has 7 nitrogen and oxygen atoms in total. The second kappa shape index (κ2) is 7.63. The minimum Gasteiger partial charge on any atom is -0.366 e. The number of hydrogen-bond acceptors (Lipinski definition) is 6. The maximum absolute atomic E-state index is 5.75. The first-order valence-electron chi connectivity index (χ1n) is 8.39. The van der Waals surface area contributed by atoms with Gasteiger partial charge in [0.05, 0.1) is 0 Å². The number of methoxy groups -OCH3 is 1. The van der Waals surface area contributed by atoms with Gasteiger partial charge in [-0.25, -0.2) is 5.10 Å². The molecule has 1 aliphatic heterocycles. The van der Waals surface area contributed by atoms with Gasteiger partial charge in [0.25, 0.3) is 0 Å². The number of hydrogen-bond donors (Lipinski definition) is 2. The highest BCUT2D eigenvalue weighted by atomic mass is 16.5. The lowest BCUT2D eigenvalue weighted by Gasteiger charge is -2.39. The summed E-state index contributed by atoms with van der Waals surface area (Å²) in [6.45, 7) is 1.87. The van der Waals surface area contributed by atoms with Crippen LogP contribution in [0.4, 0.5) is 11.9 Å². The molecule has 1 saturated heterocycles. The minimum absolute atomic E-state index is 0.0878. The van der Waals surface area contributed by atoms with Crippen LogP contribution in [0.5, 0.6) is 0 Å². The fourth-order valence-electron chi connectivity index (χ4n) is 3.34. The summed E-state index contributed by atoms with van der Waals surface area (Å²) in [5.74, 6) is 1.06. The number of aromatic nitrogens is 3. The predicted molar refractivity (Wildman–Crippen MR) is 94.7 cm³/mol. The van der Waals surface area contributed by atoms with Gasteiger partial charge in [-0.15, -0.1) is 5.10 Å². The van der Waals surface area contributed by atoms with E-state index in [0.717, 1.165) is 38.3 Å². The lowest BCUT2D eigenvalue weighted by atomic mass is 10.0. The zero-order valence-electron chi connectivity index (χ0n) is 14.4. The Hall–Kier alpha value is -2.12. The maximum Gasteiger partial charge on any atom is 0.241 e. The molecule has 0 saturated carbocycles. The lowest BCUT2D eigenvalue weighted by molar-refractivity contribution is -0.0437. The summed E-state index contributed by atoms with van der Waals surface area (Å²) >= 11 is 0. The first-order chi connectivity index (χ1) is 11.7. The minimum atomic E-state index is 0.0878. The van der Waals surface area contributed by atoms with Gasteiger partial charge < -0.3 is 15.4 Å². The Balaban J connectivity index is 1.56. The molecular formula is C17H26N6O. The van der Waals surface area contributed by atoms with Crippen molar-refractivity contribution in [2.45, 2.75) is 31.5 Å². The van der Waals surface area contributed by atoms with Gasteiger partial charge in [0, 0.05) is 32.7 Å². The van der Waals surface area contributed by atoms with Gasteiger partial charge >= 0.3 is 0 Å². The van der Waals surface area contributed by atoms with E-state index in [1.807, 2.05) is 6.07 Å². The molecule has 1 unspecified atom stereocenters. The molecule has 1 fully saturated rings. The number of H-pyrrole nitrogens is 1. The highest BCUT2D eigenvalue weighted by Crippen LogP contribution is 2.22. The van der Waals surface area contributed by atoms with E-state index in [2.05, 4.69) is 56.3 Å². The van der Waals surface area contributed by atoms with E-state index in [4.69, 9.17) is 10.5 Å². The molecule has 1 aromatic heterocycles. The standard InChI is InChI=1S/C17H26N6O/c1-22(15(24-2)12-13-6-4-3-5-7-13)14-8-10-23(11-9-14)17-19-16(18)20-21-17/h3-7,14-15H,8-12H2,1-2H3,(H3,18,19,20,21). The Labute approximate surface area is 142 Å². The van der Waals surface area contributed by atoms with E-state index in [0.29, 0.717) is 12.0 Å².